The second-order valence-electron chi connectivity index (χ2n) is 5.27. The number of nitrogens with zero attached hydrogens (tertiary/aromatic N) is 1. The third-order valence-corrected chi connectivity index (χ3v) is 4.11. The maximum atomic E-state index is 10.6. The van der Waals surface area contributed by atoms with E-state index in [9.17, 15) is 5.11 Å². The van der Waals surface area contributed by atoms with Crippen LogP contribution in [0.1, 0.15) is 18.4 Å². The molecule has 1 heterocycles. The van der Waals surface area contributed by atoms with Gasteiger partial charge in [-0.3, -0.25) is 5.41 Å². The lowest BCUT2D eigenvalue weighted by molar-refractivity contribution is -0.0572. The van der Waals surface area contributed by atoms with E-state index >= 15 is 0 Å². The summed E-state index contributed by atoms with van der Waals surface area (Å²) in [6.07, 6.45) is 1.26. The van der Waals surface area contributed by atoms with Crippen LogP contribution >= 0.6 is 15.9 Å². The number of halogens is 1. The minimum atomic E-state index is -0.742. The zero-order chi connectivity index (χ0) is 14.8. The summed E-state index contributed by atoms with van der Waals surface area (Å²) in [5.74, 6) is 0.0205. The van der Waals surface area contributed by atoms with Crippen molar-refractivity contribution in [2.45, 2.75) is 18.4 Å². The molecule has 5 nitrogen and oxygen atoms in total. The Labute approximate surface area is 127 Å². The summed E-state index contributed by atoms with van der Waals surface area (Å²) in [4.78, 5) is 1.95. The normalized spacial score (nSPS) is 17.8. The highest BCUT2D eigenvalue weighted by Gasteiger charge is 2.31. The highest BCUT2D eigenvalue weighted by molar-refractivity contribution is 9.10. The quantitative estimate of drug-likeness (QED) is 0.575. The van der Waals surface area contributed by atoms with Crippen molar-refractivity contribution in [3.05, 3.63) is 28.2 Å². The van der Waals surface area contributed by atoms with Crippen LogP contribution in [0.2, 0.25) is 0 Å². The van der Waals surface area contributed by atoms with Crippen LogP contribution in [0.15, 0.2) is 22.7 Å². The van der Waals surface area contributed by atoms with E-state index in [2.05, 4.69) is 15.9 Å². The zero-order valence-corrected chi connectivity index (χ0v) is 13.1. The van der Waals surface area contributed by atoms with Gasteiger partial charge in [0.05, 0.1) is 5.60 Å². The largest absolute Gasteiger partial charge is 0.388 e. The van der Waals surface area contributed by atoms with Gasteiger partial charge in [0.25, 0.3) is 0 Å². The number of ether oxygens (including phenoxy) is 1. The molecule has 0 spiro atoms. The number of nitrogens with one attached hydrogen (secondary N) is 1. The Bertz CT molecular complexity index is 501. The topological polar surface area (TPSA) is 82.6 Å². The minimum absolute atomic E-state index is 0.0205. The first-order chi connectivity index (χ1) is 9.41. The molecule has 2 rings (SSSR count). The van der Waals surface area contributed by atoms with Gasteiger partial charge in [-0.2, -0.15) is 0 Å². The molecule has 0 radical (unpaired) electrons. The van der Waals surface area contributed by atoms with Gasteiger partial charge in [-0.15, -0.1) is 0 Å². The van der Waals surface area contributed by atoms with Gasteiger partial charge in [-0.25, -0.2) is 0 Å². The van der Waals surface area contributed by atoms with E-state index in [-0.39, 0.29) is 5.84 Å². The second kappa shape index (κ2) is 6.11. The van der Waals surface area contributed by atoms with Gasteiger partial charge in [0.2, 0.25) is 0 Å². The van der Waals surface area contributed by atoms with Crippen LogP contribution in [0.5, 0.6) is 0 Å². The molecule has 20 heavy (non-hydrogen) atoms. The Hall–Kier alpha value is -1.11. The third-order valence-electron chi connectivity index (χ3n) is 3.62. The number of hydrogen-bond acceptors (Lipinski definition) is 4. The van der Waals surface area contributed by atoms with Gasteiger partial charge >= 0.3 is 0 Å². The van der Waals surface area contributed by atoms with Gasteiger partial charge in [-0.05, 0) is 18.2 Å². The molecule has 1 fully saturated rings. The summed E-state index contributed by atoms with van der Waals surface area (Å²) in [7, 11) is 1.91. The number of nitrogen functional groups attached to an aromatic ring is 1. The molecule has 0 unspecified atom stereocenters. The lowest BCUT2D eigenvalue weighted by Crippen LogP contribution is -2.46. The number of likely N-dealkylation sites (N-methyl/N-ethyl adjacent to an activating group) is 1. The summed E-state index contributed by atoms with van der Waals surface area (Å²) in [6, 6.07) is 5.64. The van der Waals surface area contributed by atoms with Crippen molar-refractivity contribution in [1.29, 1.82) is 5.41 Å². The predicted molar refractivity (Wildman–Crippen MR) is 83.4 cm³/mol. The molecule has 6 heteroatoms. The molecular formula is C14H20BrN3O2. The molecule has 0 aliphatic carbocycles. The zero-order valence-electron chi connectivity index (χ0n) is 11.5. The van der Waals surface area contributed by atoms with Gasteiger partial charge in [0.1, 0.15) is 5.84 Å². The SMILES string of the molecule is CN(CC1(O)CCOCC1)c1ccc(Br)cc1C(=N)N. The number of amidine groups is 1. The Kier molecular flexibility index (Phi) is 4.67. The molecule has 1 saturated heterocycles. The van der Waals surface area contributed by atoms with Crippen molar-refractivity contribution in [3.63, 3.8) is 0 Å². The maximum absolute atomic E-state index is 10.6. The average molecular weight is 342 g/mol. The van der Waals surface area contributed by atoms with Crippen molar-refractivity contribution in [2.24, 2.45) is 5.73 Å². The first kappa shape index (κ1) is 15.3. The van der Waals surface area contributed by atoms with Gasteiger partial charge < -0.3 is 20.5 Å². The lowest BCUT2D eigenvalue weighted by atomic mass is 9.93. The van der Waals surface area contributed by atoms with E-state index in [0.29, 0.717) is 38.2 Å². The smallest absolute Gasteiger partial charge is 0.124 e. The Balaban J connectivity index is 2.20. The molecule has 0 bridgehead atoms. The summed E-state index contributed by atoms with van der Waals surface area (Å²) < 4.78 is 6.17. The second-order valence-corrected chi connectivity index (χ2v) is 6.18. The van der Waals surface area contributed by atoms with E-state index in [4.69, 9.17) is 15.9 Å². The van der Waals surface area contributed by atoms with Crippen molar-refractivity contribution >= 4 is 27.5 Å². The van der Waals surface area contributed by atoms with Crippen molar-refractivity contribution in [2.75, 3.05) is 31.7 Å². The van der Waals surface area contributed by atoms with E-state index in [1.807, 2.05) is 30.1 Å². The fourth-order valence-corrected chi connectivity index (χ4v) is 2.85. The first-order valence-electron chi connectivity index (χ1n) is 6.56. The standard InChI is InChI=1S/C14H20BrN3O2/c1-18(9-14(19)4-6-20-7-5-14)12-3-2-10(15)8-11(12)13(16)17/h2-3,8,19H,4-7,9H2,1H3,(H3,16,17). The number of aliphatic hydroxyl groups is 1. The number of benzene rings is 1. The van der Waals surface area contributed by atoms with Crippen LogP contribution in [-0.2, 0) is 4.74 Å². The van der Waals surface area contributed by atoms with Crippen LogP contribution in [0.25, 0.3) is 0 Å². The molecular weight excluding hydrogens is 322 g/mol. The van der Waals surface area contributed by atoms with Crippen molar-refractivity contribution in [3.8, 4) is 0 Å². The molecule has 1 aliphatic rings. The predicted octanol–water partition coefficient (Wildman–Crippen LogP) is 1.71. The number of rotatable bonds is 4. The van der Waals surface area contributed by atoms with Crippen LogP contribution in [0.4, 0.5) is 5.69 Å². The number of nitrogens with two attached hydrogens (primary N) is 1. The fraction of sp³-hybridized carbons (Fsp3) is 0.500. The van der Waals surface area contributed by atoms with E-state index in [1.165, 1.54) is 0 Å². The molecule has 110 valence electrons. The molecule has 0 amide bonds. The van der Waals surface area contributed by atoms with E-state index in [0.717, 1.165) is 10.2 Å². The molecule has 4 N–H and O–H groups in total. The van der Waals surface area contributed by atoms with Crippen molar-refractivity contribution in [1.82, 2.24) is 0 Å². The van der Waals surface area contributed by atoms with Crippen LogP contribution in [0.3, 0.4) is 0 Å². The van der Waals surface area contributed by atoms with Crippen LogP contribution in [-0.4, -0.2) is 43.3 Å². The van der Waals surface area contributed by atoms with Crippen LogP contribution in [0, 0.1) is 5.41 Å². The summed E-state index contributed by atoms with van der Waals surface area (Å²) >= 11 is 3.39. The fourth-order valence-electron chi connectivity index (χ4n) is 2.49. The highest BCUT2D eigenvalue weighted by Crippen LogP contribution is 2.27. The first-order valence-corrected chi connectivity index (χ1v) is 7.36. The lowest BCUT2D eigenvalue weighted by Gasteiger charge is -2.36. The summed E-state index contributed by atoms with van der Waals surface area (Å²) in [5.41, 5.74) is 6.41. The van der Waals surface area contributed by atoms with Crippen LogP contribution < -0.4 is 10.6 Å². The monoisotopic (exact) mass is 341 g/mol. The highest BCUT2D eigenvalue weighted by atomic mass is 79.9. The molecule has 0 saturated carbocycles. The molecule has 1 aliphatic heterocycles. The Morgan fingerprint density at radius 2 is 2.15 bits per heavy atom. The van der Waals surface area contributed by atoms with Gasteiger partial charge in [-0.1, -0.05) is 15.9 Å². The minimum Gasteiger partial charge on any atom is -0.388 e. The van der Waals surface area contributed by atoms with Gasteiger partial charge in [0, 0.05) is 55.4 Å². The average Bonchev–Trinajstić information content (AvgIpc) is 2.38. The molecule has 1 aromatic carbocycles. The number of hydrogen-bond donors (Lipinski definition) is 3. The third kappa shape index (κ3) is 3.50. The van der Waals surface area contributed by atoms with E-state index in [1.54, 1.807) is 0 Å². The Morgan fingerprint density at radius 3 is 2.75 bits per heavy atom. The number of anilines is 1. The molecule has 0 atom stereocenters. The van der Waals surface area contributed by atoms with E-state index < -0.39 is 5.60 Å². The van der Waals surface area contributed by atoms with Crippen molar-refractivity contribution < 1.29 is 9.84 Å². The van der Waals surface area contributed by atoms with Gasteiger partial charge in [0.15, 0.2) is 0 Å². The Morgan fingerprint density at radius 1 is 1.50 bits per heavy atom. The maximum Gasteiger partial charge on any atom is 0.124 e. The molecule has 1 aromatic rings. The summed E-state index contributed by atoms with van der Waals surface area (Å²) in [5, 5.41) is 18.3. The summed E-state index contributed by atoms with van der Waals surface area (Å²) in [6.45, 7) is 1.67. The molecule has 0 aromatic heterocycles.